The lowest BCUT2D eigenvalue weighted by molar-refractivity contribution is -0.151. The molecule has 1 fully saturated rings. The summed E-state index contributed by atoms with van der Waals surface area (Å²) in [4.78, 5) is 12.3. The summed E-state index contributed by atoms with van der Waals surface area (Å²) in [6, 6.07) is 0. The average Bonchev–Trinajstić information content (AvgIpc) is 2.29. The summed E-state index contributed by atoms with van der Waals surface area (Å²) in [6.07, 6.45) is 5.68. The fourth-order valence-corrected chi connectivity index (χ4v) is 3.18. The van der Waals surface area contributed by atoms with Crippen molar-refractivity contribution in [3.8, 4) is 0 Å². The number of carbonyl (C=O) groups is 1. The first-order valence-corrected chi connectivity index (χ1v) is 7.53. The molecule has 0 N–H and O–H groups in total. The molecule has 0 radical (unpaired) electrons. The number of ether oxygens (including phenoxy) is 1. The summed E-state index contributed by atoms with van der Waals surface area (Å²) in [5, 5.41) is 0. The molecule has 1 rings (SSSR count). The molecule has 0 aromatic heterocycles. The number of hydrogen-bond acceptors (Lipinski definition) is 2. The monoisotopic (exact) mass is 254 g/mol. The summed E-state index contributed by atoms with van der Waals surface area (Å²) in [7, 11) is 0. The van der Waals surface area contributed by atoms with Gasteiger partial charge < -0.3 is 4.74 Å². The molecule has 0 aromatic carbocycles. The number of carbonyl (C=O) groups excluding carboxylic acids is 1. The van der Waals surface area contributed by atoms with E-state index in [1.165, 1.54) is 0 Å². The highest BCUT2D eigenvalue weighted by Gasteiger charge is 2.43. The second kappa shape index (κ2) is 6.18. The maximum Gasteiger partial charge on any atom is 0.164 e. The summed E-state index contributed by atoms with van der Waals surface area (Å²) in [5.74, 6) is 1.06. The zero-order valence-electron chi connectivity index (χ0n) is 12.8. The van der Waals surface area contributed by atoms with Crippen LogP contribution in [0.2, 0.25) is 0 Å². The van der Waals surface area contributed by atoms with E-state index in [-0.39, 0.29) is 0 Å². The molecule has 0 unspecified atom stereocenters. The predicted octanol–water partition coefficient (Wildman–Crippen LogP) is 4.37. The Balaban J connectivity index is 2.71. The second-order valence-corrected chi connectivity index (χ2v) is 6.74. The molecular weight excluding hydrogens is 224 g/mol. The van der Waals surface area contributed by atoms with E-state index in [0.717, 1.165) is 38.0 Å². The quantitative estimate of drug-likeness (QED) is 0.728. The molecule has 0 aliphatic heterocycles. The van der Waals surface area contributed by atoms with Gasteiger partial charge in [-0.2, -0.15) is 0 Å². The molecule has 0 bridgehead atoms. The fraction of sp³-hybridized carbons (Fsp3) is 0.938. The van der Waals surface area contributed by atoms with E-state index >= 15 is 0 Å². The van der Waals surface area contributed by atoms with E-state index in [2.05, 4.69) is 27.7 Å². The van der Waals surface area contributed by atoms with Crippen molar-refractivity contribution >= 4 is 5.78 Å². The summed E-state index contributed by atoms with van der Waals surface area (Å²) < 4.78 is 5.90. The SMILES string of the molecule is CCCC(=O)C1(OCC)CCC(C(C)(C)C)CC1. The molecule has 1 aliphatic rings. The maximum absolute atomic E-state index is 12.3. The van der Waals surface area contributed by atoms with E-state index in [0.29, 0.717) is 24.2 Å². The van der Waals surface area contributed by atoms with Crippen LogP contribution in [-0.4, -0.2) is 18.0 Å². The molecular formula is C16H30O2. The van der Waals surface area contributed by atoms with Gasteiger partial charge in [0.05, 0.1) is 0 Å². The fourth-order valence-electron chi connectivity index (χ4n) is 3.18. The first kappa shape index (κ1) is 15.7. The minimum atomic E-state index is -0.452. The molecule has 106 valence electrons. The number of Topliss-reactive ketones (excluding diaryl/α,β-unsaturated/α-hetero) is 1. The molecule has 0 amide bonds. The normalized spacial score (nSPS) is 29.3. The minimum absolute atomic E-state index is 0.333. The Morgan fingerprint density at radius 3 is 2.17 bits per heavy atom. The Labute approximate surface area is 112 Å². The second-order valence-electron chi connectivity index (χ2n) is 6.74. The van der Waals surface area contributed by atoms with Gasteiger partial charge >= 0.3 is 0 Å². The van der Waals surface area contributed by atoms with Gasteiger partial charge in [-0.15, -0.1) is 0 Å². The van der Waals surface area contributed by atoms with Crippen LogP contribution in [0.15, 0.2) is 0 Å². The van der Waals surface area contributed by atoms with Crippen LogP contribution >= 0.6 is 0 Å². The Hall–Kier alpha value is -0.370. The Kier molecular flexibility index (Phi) is 5.39. The van der Waals surface area contributed by atoms with Crippen LogP contribution in [0, 0.1) is 11.3 Å². The lowest BCUT2D eigenvalue weighted by Gasteiger charge is -2.43. The zero-order valence-corrected chi connectivity index (χ0v) is 12.8. The van der Waals surface area contributed by atoms with Gasteiger partial charge in [0.2, 0.25) is 0 Å². The van der Waals surface area contributed by atoms with Crippen LogP contribution < -0.4 is 0 Å². The van der Waals surface area contributed by atoms with E-state index in [1.807, 2.05) is 6.92 Å². The van der Waals surface area contributed by atoms with Gasteiger partial charge in [0, 0.05) is 13.0 Å². The Morgan fingerprint density at radius 1 is 1.22 bits per heavy atom. The van der Waals surface area contributed by atoms with Crippen molar-refractivity contribution in [1.82, 2.24) is 0 Å². The third kappa shape index (κ3) is 3.57. The smallest absolute Gasteiger partial charge is 0.164 e. The molecule has 0 atom stereocenters. The number of hydrogen-bond donors (Lipinski definition) is 0. The lowest BCUT2D eigenvalue weighted by atomic mass is 9.67. The van der Waals surface area contributed by atoms with Crippen molar-refractivity contribution in [2.75, 3.05) is 6.61 Å². The third-order valence-electron chi connectivity index (χ3n) is 4.42. The van der Waals surface area contributed by atoms with E-state index < -0.39 is 5.60 Å². The van der Waals surface area contributed by atoms with Crippen LogP contribution in [0.4, 0.5) is 0 Å². The number of ketones is 1. The molecule has 18 heavy (non-hydrogen) atoms. The van der Waals surface area contributed by atoms with E-state index in [9.17, 15) is 4.79 Å². The molecule has 0 saturated heterocycles. The Bertz CT molecular complexity index is 267. The molecule has 0 aromatic rings. The number of rotatable bonds is 5. The summed E-state index contributed by atoms with van der Waals surface area (Å²) >= 11 is 0. The Morgan fingerprint density at radius 2 is 1.78 bits per heavy atom. The van der Waals surface area contributed by atoms with Crippen molar-refractivity contribution < 1.29 is 9.53 Å². The van der Waals surface area contributed by atoms with Crippen LogP contribution in [0.25, 0.3) is 0 Å². The standard InChI is InChI=1S/C16H30O2/c1-6-8-14(17)16(18-7-2)11-9-13(10-12-16)15(3,4)5/h13H,6-12H2,1-5H3. The molecule has 0 spiro atoms. The average molecular weight is 254 g/mol. The summed E-state index contributed by atoms with van der Waals surface area (Å²) in [5.41, 5.74) is -0.0985. The predicted molar refractivity (Wildman–Crippen MR) is 75.7 cm³/mol. The maximum atomic E-state index is 12.3. The lowest BCUT2D eigenvalue weighted by Crippen LogP contribution is -2.46. The van der Waals surface area contributed by atoms with Crippen molar-refractivity contribution in [3.05, 3.63) is 0 Å². The van der Waals surface area contributed by atoms with Crippen molar-refractivity contribution in [3.63, 3.8) is 0 Å². The summed E-state index contributed by atoms with van der Waals surface area (Å²) in [6.45, 7) is 11.6. The van der Waals surface area contributed by atoms with Crippen LogP contribution in [0.1, 0.15) is 73.1 Å². The molecule has 2 nitrogen and oxygen atoms in total. The minimum Gasteiger partial charge on any atom is -0.368 e. The molecule has 1 saturated carbocycles. The molecule has 0 heterocycles. The highest BCUT2D eigenvalue weighted by atomic mass is 16.5. The highest BCUT2D eigenvalue weighted by Crippen LogP contribution is 2.43. The van der Waals surface area contributed by atoms with Crippen LogP contribution in [0.3, 0.4) is 0 Å². The van der Waals surface area contributed by atoms with Gasteiger partial charge in [0.1, 0.15) is 5.60 Å². The van der Waals surface area contributed by atoms with Gasteiger partial charge in [0.25, 0.3) is 0 Å². The van der Waals surface area contributed by atoms with Gasteiger partial charge in [-0.25, -0.2) is 0 Å². The van der Waals surface area contributed by atoms with Gasteiger partial charge in [-0.3, -0.25) is 4.79 Å². The van der Waals surface area contributed by atoms with Crippen LogP contribution in [0.5, 0.6) is 0 Å². The van der Waals surface area contributed by atoms with E-state index in [4.69, 9.17) is 4.74 Å². The zero-order chi connectivity index (χ0) is 13.8. The molecule has 1 aliphatic carbocycles. The largest absolute Gasteiger partial charge is 0.368 e. The van der Waals surface area contributed by atoms with Gasteiger partial charge in [0.15, 0.2) is 5.78 Å². The molecule has 2 heteroatoms. The van der Waals surface area contributed by atoms with E-state index in [1.54, 1.807) is 0 Å². The third-order valence-corrected chi connectivity index (χ3v) is 4.42. The highest BCUT2D eigenvalue weighted by molar-refractivity contribution is 5.87. The van der Waals surface area contributed by atoms with Gasteiger partial charge in [-0.05, 0) is 50.4 Å². The van der Waals surface area contributed by atoms with Crippen molar-refractivity contribution in [2.45, 2.75) is 78.7 Å². The topological polar surface area (TPSA) is 26.3 Å². The van der Waals surface area contributed by atoms with Crippen LogP contribution in [-0.2, 0) is 9.53 Å². The first-order chi connectivity index (χ1) is 8.35. The first-order valence-electron chi connectivity index (χ1n) is 7.53. The van der Waals surface area contributed by atoms with Crippen molar-refractivity contribution in [2.24, 2.45) is 11.3 Å². The van der Waals surface area contributed by atoms with Crippen molar-refractivity contribution in [1.29, 1.82) is 0 Å². The van der Waals surface area contributed by atoms with Gasteiger partial charge in [-0.1, -0.05) is 27.7 Å².